The Labute approximate surface area is 109 Å². The topological polar surface area (TPSA) is 70.5 Å². The first-order valence-electron chi connectivity index (χ1n) is 5.56. The molecule has 2 heterocycles. The van der Waals surface area contributed by atoms with Crippen molar-refractivity contribution in [1.29, 1.82) is 0 Å². The fraction of sp³-hybridized carbons (Fsp3) is 0.417. The van der Waals surface area contributed by atoms with Crippen molar-refractivity contribution in [3.63, 3.8) is 0 Å². The number of carbonyl (C=O) groups is 2. The standard InChI is InChI=1S/C12H13ClN2O3/c1-12(11(17)18)3-5-15(7-12)10(16)8-2-4-14-6-9(8)13/h2,4,6H,3,5,7H2,1H3,(H,17,18)/t12-/m0/s1. The highest BCUT2D eigenvalue weighted by Crippen LogP contribution is 2.31. The van der Waals surface area contributed by atoms with E-state index >= 15 is 0 Å². The van der Waals surface area contributed by atoms with Gasteiger partial charge in [-0.3, -0.25) is 14.6 Å². The summed E-state index contributed by atoms with van der Waals surface area (Å²) in [6.45, 7) is 2.29. The quantitative estimate of drug-likeness (QED) is 0.886. The number of carboxylic acid groups (broad SMARTS) is 1. The first-order chi connectivity index (χ1) is 8.44. The Morgan fingerprint density at radius 3 is 2.83 bits per heavy atom. The van der Waals surface area contributed by atoms with Crippen LogP contribution in [0.4, 0.5) is 0 Å². The van der Waals surface area contributed by atoms with Crippen molar-refractivity contribution >= 4 is 23.5 Å². The van der Waals surface area contributed by atoms with Crippen molar-refractivity contribution in [2.24, 2.45) is 5.41 Å². The second-order valence-electron chi connectivity index (χ2n) is 4.70. The molecule has 0 aromatic carbocycles. The monoisotopic (exact) mass is 268 g/mol. The molecule has 1 N–H and O–H groups in total. The van der Waals surface area contributed by atoms with E-state index in [-0.39, 0.29) is 17.5 Å². The lowest BCUT2D eigenvalue weighted by atomic mass is 9.90. The molecule has 1 aliphatic heterocycles. The highest BCUT2D eigenvalue weighted by Gasteiger charge is 2.42. The molecule has 0 unspecified atom stereocenters. The summed E-state index contributed by atoms with van der Waals surface area (Å²) in [7, 11) is 0. The molecule has 2 rings (SSSR count). The van der Waals surface area contributed by atoms with Crippen molar-refractivity contribution in [1.82, 2.24) is 9.88 Å². The van der Waals surface area contributed by atoms with Gasteiger partial charge in [-0.15, -0.1) is 0 Å². The largest absolute Gasteiger partial charge is 0.481 e. The van der Waals surface area contributed by atoms with E-state index in [0.717, 1.165) is 0 Å². The number of carbonyl (C=O) groups excluding carboxylic acids is 1. The molecule has 1 fully saturated rings. The number of aliphatic carboxylic acids is 1. The summed E-state index contributed by atoms with van der Waals surface area (Å²) in [4.78, 5) is 28.7. The number of likely N-dealkylation sites (tertiary alicyclic amines) is 1. The zero-order valence-corrected chi connectivity index (χ0v) is 10.6. The van der Waals surface area contributed by atoms with Crippen molar-refractivity contribution in [3.05, 3.63) is 29.0 Å². The van der Waals surface area contributed by atoms with Crippen LogP contribution in [0.15, 0.2) is 18.5 Å². The molecule has 1 saturated heterocycles. The van der Waals surface area contributed by atoms with E-state index in [1.54, 1.807) is 13.0 Å². The smallest absolute Gasteiger partial charge is 0.311 e. The second-order valence-corrected chi connectivity index (χ2v) is 5.11. The van der Waals surface area contributed by atoms with Gasteiger partial charge in [-0.05, 0) is 19.4 Å². The summed E-state index contributed by atoms with van der Waals surface area (Å²) >= 11 is 5.90. The molecule has 0 bridgehead atoms. The summed E-state index contributed by atoms with van der Waals surface area (Å²) in [5, 5.41) is 9.41. The minimum absolute atomic E-state index is 0.208. The number of carboxylic acids is 1. The van der Waals surface area contributed by atoms with Gasteiger partial charge in [0.25, 0.3) is 5.91 Å². The zero-order valence-electron chi connectivity index (χ0n) is 9.89. The van der Waals surface area contributed by atoms with Crippen LogP contribution in [0.5, 0.6) is 0 Å². The van der Waals surface area contributed by atoms with Gasteiger partial charge < -0.3 is 10.0 Å². The molecule has 96 valence electrons. The van der Waals surface area contributed by atoms with Crippen molar-refractivity contribution in [2.75, 3.05) is 13.1 Å². The highest BCUT2D eigenvalue weighted by atomic mass is 35.5. The van der Waals surface area contributed by atoms with Crippen LogP contribution in [0.1, 0.15) is 23.7 Å². The van der Waals surface area contributed by atoms with Crippen LogP contribution >= 0.6 is 11.6 Å². The van der Waals surface area contributed by atoms with Gasteiger partial charge in [-0.1, -0.05) is 11.6 Å². The van der Waals surface area contributed by atoms with Gasteiger partial charge in [-0.25, -0.2) is 0 Å². The van der Waals surface area contributed by atoms with Gasteiger partial charge in [0, 0.05) is 25.5 Å². The Bertz CT molecular complexity index is 506. The maximum atomic E-state index is 12.2. The molecule has 0 saturated carbocycles. The number of aromatic nitrogens is 1. The fourth-order valence-electron chi connectivity index (χ4n) is 2.03. The number of amides is 1. The van der Waals surface area contributed by atoms with E-state index in [0.29, 0.717) is 18.5 Å². The molecule has 0 aliphatic carbocycles. The van der Waals surface area contributed by atoms with Gasteiger partial charge in [0.15, 0.2) is 0 Å². The first-order valence-corrected chi connectivity index (χ1v) is 5.94. The minimum Gasteiger partial charge on any atom is -0.481 e. The molecular weight excluding hydrogens is 256 g/mol. The van der Waals surface area contributed by atoms with E-state index in [2.05, 4.69) is 4.98 Å². The van der Waals surface area contributed by atoms with Gasteiger partial charge >= 0.3 is 5.97 Å². The molecule has 18 heavy (non-hydrogen) atoms. The highest BCUT2D eigenvalue weighted by molar-refractivity contribution is 6.33. The van der Waals surface area contributed by atoms with Crippen LogP contribution in [0.25, 0.3) is 0 Å². The maximum absolute atomic E-state index is 12.2. The van der Waals surface area contributed by atoms with Crippen molar-refractivity contribution < 1.29 is 14.7 Å². The fourth-order valence-corrected chi connectivity index (χ4v) is 2.23. The normalized spacial score (nSPS) is 23.1. The summed E-state index contributed by atoms with van der Waals surface area (Å²) in [6.07, 6.45) is 3.35. The molecule has 1 aromatic heterocycles. The summed E-state index contributed by atoms with van der Waals surface area (Å²) < 4.78 is 0. The van der Waals surface area contributed by atoms with Crippen LogP contribution in [-0.2, 0) is 4.79 Å². The maximum Gasteiger partial charge on any atom is 0.311 e. The predicted molar refractivity (Wildman–Crippen MR) is 65.5 cm³/mol. The molecular formula is C12H13ClN2O3. The third-order valence-electron chi connectivity index (χ3n) is 3.28. The van der Waals surface area contributed by atoms with E-state index in [9.17, 15) is 9.59 Å². The average Bonchev–Trinajstić information content (AvgIpc) is 2.73. The number of pyridine rings is 1. The van der Waals surface area contributed by atoms with E-state index < -0.39 is 11.4 Å². The number of nitrogens with zero attached hydrogens (tertiary/aromatic N) is 2. The lowest BCUT2D eigenvalue weighted by Gasteiger charge is -2.20. The first kappa shape index (κ1) is 12.8. The van der Waals surface area contributed by atoms with E-state index in [1.807, 2.05) is 0 Å². The van der Waals surface area contributed by atoms with Gasteiger partial charge in [-0.2, -0.15) is 0 Å². The van der Waals surface area contributed by atoms with Gasteiger partial charge in [0.1, 0.15) is 0 Å². The Morgan fingerprint density at radius 1 is 1.56 bits per heavy atom. The SMILES string of the molecule is C[C@]1(C(=O)O)CCN(C(=O)c2ccncc2Cl)C1. The summed E-state index contributed by atoms with van der Waals surface area (Å²) in [6, 6.07) is 1.54. The molecule has 1 aliphatic rings. The Balaban J connectivity index is 2.18. The molecule has 0 radical (unpaired) electrons. The number of rotatable bonds is 2. The second kappa shape index (κ2) is 4.57. The Hall–Kier alpha value is -1.62. The lowest BCUT2D eigenvalue weighted by molar-refractivity contribution is -0.147. The van der Waals surface area contributed by atoms with Gasteiger partial charge in [0.05, 0.1) is 16.0 Å². The Kier molecular flexibility index (Phi) is 3.26. The van der Waals surface area contributed by atoms with E-state index in [1.165, 1.54) is 17.3 Å². The average molecular weight is 269 g/mol. The van der Waals surface area contributed by atoms with Crippen LogP contribution < -0.4 is 0 Å². The third kappa shape index (κ3) is 2.18. The van der Waals surface area contributed by atoms with Crippen molar-refractivity contribution in [2.45, 2.75) is 13.3 Å². The molecule has 0 spiro atoms. The van der Waals surface area contributed by atoms with Crippen LogP contribution in [0.3, 0.4) is 0 Å². The number of halogens is 1. The minimum atomic E-state index is -0.876. The Morgan fingerprint density at radius 2 is 2.28 bits per heavy atom. The molecule has 1 amide bonds. The van der Waals surface area contributed by atoms with Crippen LogP contribution in [0, 0.1) is 5.41 Å². The predicted octanol–water partition coefficient (Wildman–Crippen LogP) is 1.67. The van der Waals surface area contributed by atoms with E-state index in [4.69, 9.17) is 16.7 Å². The van der Waals surface area contributed by atoms with Gasteiger partial charge in [0.2, 0.25) is 0 Å². The van der Waals surface area contributed by atoms with Crippen molar-refractivity contribution in [3.8, 4) is 0 Å². The molecule has 1 aromatic rings. The molecule has 6 heteroatoms. The molecule has 5 nitrogen and oxygen atoms in total. The molecule has 1 atom stereocenters. The number of hydrogen-bond acceptors (Lipinski definition) is 3. The third-order valence-corrected chi connectivity index (χ3v) is 3.58. The van der Waals surface area contributed by atoms with Crippen LogP contribution in [0.2, 0.25) is 5.02 Å². The zero-order chi connectivity index (χ0) is 13.3. The lowest BCUT2D eigenvalue weighted by Crippen LogP contribution is -2.35. The summed E-state index contributed by atoms with van der Waals surface area (Å²) in [5.74, 6) is -1.12. The number of hydrogen-bond donors (Lipinski definition) is 1. The van der Waals surface area contributed by atoms with Crippen LogP contribution in [-0.4, -0.2) is 40.0 Å². The summed E-state index contributed by atoms with van der Waals surface area (Å²) in [5.41, 5.74) is -0.504.